The third-order valence-electron chi connectivity index (χ3n) is 12.1. The Kier molecular flexibility index (Phi) is 8.79. The molecule has 0 radical (unpaired) electrons. The van der Waals surface area contributed by atoms with E-state index in [1.54, 1.807) is 0 Å². The molecule has 0 aliphatic heterocycles. The first kappa shape index (κ1) is 36.4. The zero-order chi connectivity index (χ0) is 41.7. The van der Waals surface area contributed by atoms with Crippen LogP contribution in [0.3, 0.4) is 0 Å². The molecule has 0 amide bonds. The molecule has 3 heterocycles. The Hall–Kier alpha value is -8.47. The molecule has 4 heteroatoms. The first-order valence-electron chi connectivity index (χ1n) is 21.3. The Bertz CT molecular complexity index is 3520. The van der Waals surface area contributed by atoms with Crippen LogP contribution >= 0.6 is 0 Å². The highest BCUT2D eigenvalue weighted by atomic mass is 16.3. The van der Waals surface area contributed by atoms with Crippen LogP contribution in [-0.4, -0.2) is 15.0 Å². The predicted molar refractivity (Wildman–Crippen MR) is 260 cm³/mol. The van der Waals surface area contributed by atoms with Gasteiger partial charge in [0.15, 0.2) is 5.82 Å². The highest BCUT2D eigenvalue weighted by Gasteiger charge is 2.22. The molecule has 0 atom stereocenters. The van der Waals surface area contributed by atoms with E-state index in [4.69, 9.17) is 19.4 Å². The molecule has 0 spiro atoms. The van der Waals surface area contributed by atoms with E-state index in [-0.39, 0.29) is 0 Å². The van der Waals surface area contributed by atoms with Crippen LogP contribution in [0.4, 0.5) is 0 Å². The van der Waals surface area contributed by atoms with E-state index in [0.717, 1.165) is 105 Å². The Morgan fingerprint density at radius 1 is 0.286 bits per heavy atom. The molecule has 0 aliphatic carbocycles. The number of nitrogens with zero attached hydrogens (tertiary/aromatic N) is 3. The number of aromatic nitrogens is 3. The van der Waals surface area contributed by atoms with Crippen molar-refractivity contribution in [2.24, 2.45) is 0 Å². The molecule has 0 fully saturated rings. The Labute approximate surface area is 364 Å². The minimum Gasteiger partial charge on any atom is -0.456 e. The molecular weight excluding hydrogens is 767 g/mol. The van der Waals surface area contributed by atoms with Gasteiger partial charge in [0.1, 0.15) is 11.2 Å². The quantitative estimate of drug-likeness (QED) is 0.151. The number of fused-ring (bicyclic) bond motifs is 6. The first-order chi connectivity index (χ1) is 31.2. The van der Waals surface area contributed by atoms with Crippen molar-refractivity contribution in [3.8, 4) is 78.5 Å². The molecule has 294 valence electrons. The summed E-state index contributed by atoms with van der Waals surface area (Å²) in [6.07, 6.45) is 0. The largest absolute Gasteiger partial charge is 0.456 e. The molecular formula is C59H37N3O. The molecule has 3 aromatic heterocycles. The van der Waals surface area contributed by atoms with Crippen molar-refractivity contribution in [2.75, 3.05) is 0 Å². The highest BCUT2D eigenvalue weighted by Crippen LogP contribution is 2.46. The number of hydrogen-bond donors (Lipinski definition) is 0. The maximum atomic E-state index is 6.61. The topological polar surface area (TPSA) is 51.8 Å². The Morgan fingerprint density at radius 2 is 0.746 bits per heavy atom. The van der Waals surface area contributed by atoms with Gasteiger partial charge in [0, 0.05) is 54.7 Å². The van der Waals surface area contributed by atoms with Crippen molar-refractivity contribution in [3.05, 3.63) is 224 Å². The van der Waals surface area contributed by atoms with Gasteiger partial charge in [-0.3, -0.25) is 0 Å². The lowest BCUT2D eigenvalue weighted by Crippen LogP contribution is -1.96. The van der Waals surface area contributed by atoms with E-state index in [2.05, 4.69) is 200 Å². The van der Waals surface area contributed by atoms with Gasteiger partial charge in [-0.2, -0.15) is 0 Å². The summed E-state index contributed by atoms with van der Waals surface area (Å²) in [6, 6.07) is 78.4. The van der Waals surface area contributed by atoms with E-state index in [1.807, 2.05) is 24.3 Å². The van der Waals surface area contributed by atoms with Crippen LogP contribution in [0.25, 0.3) is 122 Å². The number of furan rings is 1. The molecule has 12 aromatic rings. The average Bonchev–Trinajstić information content (AvgIpc) is 3.74. The van der Waals surface area contributed by atoms with Gasteiger partial charge in [-0.15, -0.1) is 0 Å². The van der Waals surface area contributed by atoms with Crippen LogP contribution in [-0.2, 0) is 0 Å². The number of para-hydroxylation sites is 2. The second-order valence-electron chi connectivity index (χ2n) is 15.9. The van der Waals surface area contributed by atoms with Crippen LogP contribution in [0, 0.1) is 0 Å². The van der Waals surface area contributed by atoms with Crippen molar-refractivity contribution in [1.29, 1.82) is 0 Å². The van der Waals surface area contributed by atoms with Crippen LogP contribution in [0.1, 0.15) is 0 Å². The number of pyridine rings is 1. The van der Waals surface area contributed by atoms with Crippen LogP contribution in [0.15, 0.2) is 229 Å². The van der Waals surface area contributed by atoms with Gasteiger partial charge < -0.3 is 4.42 Å². The molecule has 0 saturated carbocycles. The van der Waals surface area contributed by atoms with Gasteiger partial charge in [0.05, 0.1) is 22.6 Å². The van der Waals surface area contributed by atoms with E-state index in [0.29, 0.717) is 5.82 Å². The van der Waals surface area contributed by atoms with E-state index < -0.39 is 0 Å². The molecule has 0 saturated heterocycles. The highest BCUT2D eigenvalue weighted by molar-refractivity contribution is 6.27. The molecule has 0 N–H and O–H groups in total. The SMILES string of the molecule is c1ccc(-c2ccc(-c3cc(-c4ccc(-c5nc6ccccc6c6c(-c7ccccc7)c7c(cc56)oc5ccccc57)cc4)nc(-c4ccc(-c5ccccc5)cc4)n3)cc2)cc1. The van der Waals surface area contributed by atoms with Gasteiger partial charge in [0.2, 0.25) is 0 Å². The maximum Gasteiger partial charge on any atom is 0.160 e. The molecule has 0 bridgehead atoms. The van der Waals surface area contributed by atoms with Crippen molar-refractivity contribution in [2.45, 2.75) is 0 Å². The normalized spacial score (nSPS) is 11.5. The zero-order valence-corrected chi connectivity index (χ0v) is 34.1. The summed E-state index contributed by atoms with van der Waals surface area (Å²) in [5.41, 5.74) is 16.2. The lowest BCUT2D eigenvalue weighted by atomic mass is 9.89. The first-order valence-corrected chi connectivity index (χ1v) is 21.3. The fourth-order valence-corrected chi connectivity index (χ4v) is 9.01. The monoisotopic (exact) mass is 803 g/mol. The predicted octanol–water partition coefficient (Wildman–Crippen LogP) is 15.7. The summed E-state index contributed by atoms with van der Waals surface area (Å²) >= 11 is 0. The van der Waals surface area contributed by atoms with Crippen molar-refractivity contribution >= 4 is 43.6 Å². The van der Waals surface area contributed by atoms with Crippen LogP contribution in [0.5, 0.6) is 0 Å². The lowest BCUT2D eigenvalue weighted by Gasteiger charge is -2.16. The molecule has 12 rings (SSSR count). The second kappa shape index (κ2) is 15.2. The van der Waals surface area contributed by atoms with Gasteiger partial charge in [-0.25, -0.2) is 15.0 Å². The minimum atomic E-state index is 0.670. The summed E-state index contributed by atoms with van der Waals surface area (Å²) in [7, 11) is 0. The molecule has 0 aliphatic rings. The fourth-order valence-electron chi connectivity index (χ4n) is 9.01. The fraction of sp³-hybridized carbons (Fsp3) is 0. The number of hydrogen-bond acceptors (Lipinski definition) is 4. The third kappa shape index (κ3) is 6.53. The van der Waals surface area contributed by atoms with Gasteiger partial charge in [0.25, 0.3) is 0 Å². The molecule has 63 heavy (non-hydrogen) atoms. The average molecular weight is 804 g/mol. The summed E-state index contributed by atoms with van der Waals surface area (Å²) in [4.78, 5) is 15.8. The van der Waals surface area contributed by atoms with Crippen LogP contribution in [0.2, 0.25) is 0 Å². The number of rotatable bonds is 7. The van der Waals surface area contributed by atoms with E-state index >= 15 is 0 Å². The smallest absolute Gasteiger partial charge is 0.160 e. The van der Waals surface area contributed by atoms with Crippen molar-refractivity contribution in [3.63, 3.8) is 0 Å². The van der Waals surface area contributed by atoms with Gasteiger partial charge >= 0.3 is 0 Å². The van der Waals surface area contributed by atoms with Gasteiger partial charge in [-0.05, 0) is 52.1 Å². The molecule has 9 aromatic carbocycles. The van der Waals surface area contributed by atoms with Gasteiger partial charge in [-0.1, -0.05) is 200 Å². The minimum absolute atomic E-state index is 0.670. The lowest BCUT2D eigenvalue weighted by molar-refractivity contribution is 0.669. The maximum absolute atomic E-state index is 6.61. The van der Waals surface area contributed by atoms with E-state index in [1.165, 1.54) is 11.1 Å². The third-order valence-corrected chi connectivity index (χ3v) is 12.1. The summed E-state index contributed by atoms with van der Waals surface area (Å²) in [6.45, 7) is 0. The number of benzene rings is 9. The van der Waals surface area contributed by atoms with Crippen molar-refractivity contribution < 1.29 is 4.42 Å². The Morgan fingerprint density at radius 3 is 1.35 bits per heavy atom. The summed E-state index contributed by atoms with van der Waals surface area (Å²) in [5.74, 6) is 0.670. The zero-order valence-electron chi connectivity index (χ0n) is 34.1. The van der Waals surface area contributed by atoms with E-state index in [9.17, 15) is 0 Å². The second-order valence-corrected chi connectivity index (χ2v) is 15.9. The summed E-state index contributed by atoms with van der Waals surface area (Å²) < 4.78 is 6.61. The van der Waals surface area contributed by atoms with Crippen LogP contribution < -0.4 is 0 Å². The molecule has 0 unspecified atom stereocenters. The van der Waals surface area contributed by atoms with Crippen molar-refractivity contribution in [1.82, 2.24) is 15.0 Å². The Balaban J connectivity index is 1.01. The standard InChI is InChI=1S/C59H37N3O/c1-4-14-38(15-5-1)40-24-28-42(29-25-40)51-37-52(62-59(61-51)46-34-26-41(27-35-46)39-16-6-2-7-17-39)43-30-32-45(33-31-43)58-49-36-54-57(48-21-11-13-23-53(48)63-54)55(44-18-8-3-9-19-44)56(49)47-20-10-12-22-50(47)60-58/h1-37H. The summed E-state index contributed by atoms with van der Waals surface area (Å²) in [5, 5.41) is 5.51. The molecule has 4 nitrogen and oxygen atoms in total.